The van der Waals surface area contributed by atoms with Crippen LogP contribution in [0.25, 0.3) is 33.4 Å². The van der Waals surface area contributed by atoms with E-state index in [2.05, 4.69) is 78.6 Å². The lowest BCUT2D eigenvalue weighted by molar-refractivity contribution is 0.895. The number of aromatic amines is 1. The van der Waals surface area contributed by atoms with Crippen LogP contribution in [0.4, 0.5) is 0 Å². The van der Waals surface area contributed by atoms with Crippen LogP contribution in [0, 0.1) is 0 Å². The molecule has 3 aromatic carbocycles. The van der Waals surface area contributed by atoms with Gasteiger partial charge in [-0.2, -0.15) is 0 Å². The molecule has 0 fully saturated rings. The van der Waals surface area contributed by atoms with Crippen LogP contribution in [0.15, 0.2) is 72.8 Å². The Bertz CT molecular complexity index is 962. The van der Waals surface area contributed by atoms with E-state index in [1.165, 1.54) is 16.3 Å². The molecule has 0 radical (unpaired) electrons. The monoisotopic (exact) mass is 312 g/mol. The van der Waals surface area contributed by atoms with E-state index < -0.39 is 0 Å². The van der Waals surface area contributed by atoms with Crippen LogP contribution in [0.5, 0.6) is 0 Å². The van der Waals surface area contributed by atoms with Gasteiger partial charge in [0, 0.05) is 5.56 Å². The Labute approximate surface area is 142 Å². The van der Waals surface area contributed by atoms with Crippen LogP contribution >= 0.6 is 0 Å². The molecule has 24 heavy (non-hydrogen) atoms. The largest absolute Gasteiger partial charge is 0.338 e. The molecule has 1 heterocycles. The van der Waals surface area contributed by atoms with Crippen LogP contribution in [0.2, 0.25) is 0 Å². The van der Waals surface area contributed by atoms with E-state index in [0.717, 1.165) is 35.6 Å². The maximum atomic E-state index is 4.94. The van der Waals surface area contributed by atoms with E-state index in [-0.39, 0.29) is 0 Å². The van der Waals surface area contributed by atoms with Gasteiger partial charge in [0.25, 0.3) is 0 Å². The number of fused-ring (bicyclic) bond motifs is 1. The smallest absolute Gasteiger partial charge is 0.138 e. The van der Waals surface area contributed by atoms with Crippen molar-refractivity contribution in [3.8, 4) is 22.6 Å². The van der Waals surface area contributed by atoms with Crippen LogP contribution in [0.1, 0.15) is 19.0 Å². The minimum atomic E-state index is 0.953. The summed E-state index contributed by atoms with van der Waals surface area (Å²) in [5, 5.41) is 2.47. The Balaban J connectivity index is 1.90. The van der Waals surface area contributed by atoms with Crippen molar-refractivity contribution in [1.82, 2.24) is 9.97 Å². The van der Waals surface area contributed by atoms with E-state index in [9.17, 15) is 0 Å². The summed E-state index contributed by atoms with van der Waals surface area (Å²) in [6.07, 6.45) is 2.06. The SMILES string of the molecule is CCCc1nc(-c2cccc3ccccc23)[nH]c1-c1ccccc1. The first kappa shape index (κ1) is 14.7. The number of aryl methyl sites for hydroxylation is 1. The lowest BCUT2D eigenvalue weighted by Gasteiger charge is -2.03. The highest BCUT2D eigenvalue weighted by molar-refractivity contribution is 5.95. The Hall–Kier alpha value is -2.87. The Morgan fingerprint density at radius 1 is 0.833 bits per heavy atom. The molecule has 0 unspecified atom stereocenters. The average molecular weight is 312 g/mol. The van der Waals surface area contributed by atoms with Crippen LogP contribution in [0.3, 0.4) is 0 Å². The number of imidazole rings is 1. The van der Waals surface area contributed by atoms with Crippen molar-refractivity contribution in [2.24, 2.45) is 0 Å². The van der Waals surface area contributed by atoms with Gasteiger partial charge < -0.3 is 4.98 Å². The molecule has 2 heteroatoms. The molecule has 0 spiro atoms. The fourth-order valence-corrected chi connectivity index (χ4v) is 3.23. The zero-order valence-electron chi connectivity index (χ0n) is 13.8. The summed E-state index contributed by atoms with van der Waals surface area (Å²) in [5.41, 5.74) is 4.64. The van der Waals surface area contributed by atoms with Gasteiger partial charge in [-0.3, -0.25) is 0 Å². The third-order valence-electron chi connectivity index (χ3n) is 4.37. The minimum Gasteiger partial charge on any atom is -0.338 e. The first-order valence-corrected chi connectivity index (χ1v) is 8.49. The molecule has 0 atom stereocenters. The van der Waals surface area contributed by atoms with Crippen molar-refractivity contribution in [1.29, 1.82) is 0 Å². The topological polar surface area (TPSA) is 28.7 Å². The number of H-pyrrole nitrogens is 1. The van der Waals surface area contributed by atoms with Crippen molar-refractivity contribution < 1.29 is 0 Å². The van der Waals surface area contributed by atoms with E-state index in [1.807, 2.05) is 6.07 Å². The fourth-order valence-electron chi connectivity index (χ4n) is 3.23. The molecule has 0 amide bonds. The summed E-state index contributed by atoms with van der Waals surface area (Å²) in [7, 11) is 0. The van der Waals surface area contributed by atoms with Crippen LogP contribution in [-0.2, 0) is 6.42 Å². The third-order valence-corrected chi connectivity index (χ3v) is 4.37. The number of hydrogen-bond donors (Lipinski definition) is 1. The summed E-state index contributed by atoms with van der Waals surface area (Å²) in [4.78, 5) is 8.52. The molecular formula is C22H20N2. The Morgan fingerprint density at radius 2 is 1.58 bits per heavy atom. The first-order chi connectivity index (χ1) is 11.9. The summed E-state index contributed by atoms with van der Waals surface area (Å²) in [6, 6.07) is 25.3. The summed E-state index contributed by atoms with van der Waals surface area (Å²) in [6.45, 7) is 2.20. The lowest BCUT2D eigenvalue weighted by Crippen LogP contribution is -1.87. The maximum absolute atomic E-state index is 4.94. The Morgan fingerprint density at radius 3 is 2.42 bits per heavy atom. The van der Waals surface area contributed by atoms with Crippen molar-refractivity contribution in [2.45, 2.75) is 19.8 Å². The van der Waals surface area contributed by atoms with Crippen molar-refractivity contribution in [2.75, 3.05) is 0 Å². The van der Waals surface area contributed by atoms with E-state index in [1.54, 1.807) is 0 Å². The van der Waals surface area contributed by atoms with Crippen LogP contribution in [-0.4, -0.2) is 9.97 Å². The third kappa shape index (κ3) is 2.61. The molecule has 0 bridgehead atoms. The second kappa shape index (κ2) is 6.32. The van der Waals surface area contributed by atoms with Gasteiger partial charge in [0.05, 0.1) is 11.4 Å². The van der Waals surface area contributed by atoms with E-state index >= 15 is 0 Å². The molecule has 0 aliphatic heterocycles. The molecule has 4 aromatic rings. The van der Waals surface area contributed by atoms with Gasteiger partial charge in [0.1, 0.15) is 5.82 Å². The summed E-state index contributed by atoms with van der Waals surface area (Å²) < 4.78 is 0. The normalized spacial score (nSPS) is 11.0. The predicted molar refractivity (Wildman–Crippen MR) is 101 cm³/mol. The summed E-state index contributed by atoms with van der Waals surface area (Å²) >= 11 is 0. The summed E-state index contributed by atoms with van der Waals surface area (Å²) in [5.74, 6) is 0.953. The number of hydrogen-bond acceptors (Lipinski definition) is 1. The maximum Gasteiger partial charge on any atom is 0.138 e. The molecule has 2 nitrogen and oxygen atoms in total. The van der Waals surface area contributed by atoms with Gasteiger partial charge in [-0.05, 0) is 22.8 Å². The molecule has 0 aliphatic rings. The molecule has 0 saturated heterocycles. The van der Waals surface area contributed by atoms with Crippen LogP contribution < -0.4 is 0 Å². The van der Waals surface area contributed by atoms with Gasteiger partial charge in [-0.1, -0.05) is 86.1 Å². The quantitative estimate of drug-likeness (QED) is 0.503. The van der Waals surface area contributed by atoms with Crippen molar-refractivity contribution in [3.05, 3.63) is 78.5 Å². The van der Waals surface area contributed by atoms with Crippen molar-refractivity contribution in [3.63, 3.8) is 0 Å². The Kier molecular flexibility index (Phi) is 3.87. The molecular weight excluding hydrogens is 292 g/mol. The highest BCUT2D eigenvalue weighted by Crippen LogP contribution is 2.31. The molecule has 0 aliphatic carbocycles. The molecule has 1 aromatic heterocycles. The van der Waals surface area contributed by atoms with Gasteiger partial charge >= 0.3 is 0 Å². The van der Waals surface area contributed by atoms with Gasteiger partial charge in [-0.15, -0.1) is 0 Å². The van der Waals surface area contributed by atoms with E-state index in [0.29, 0.717) is 0 Å². The van der Waals surface area contributed by atoms with Crippen molar-refractivity contribution >= 4 is 10.8 Å². The molecule has 1 N–H and O–H groups in total. The van der Waals surface area contributed by atoms with Gasteiger partial charge in [0.2, 0.25) is 0 Å². The highest BCUT2D eigenvalue weighted by Gasteiger charge is 2.14. The number of nitrogens with zero attached hydrogens (tertiary/aromatic N) is 1. The fraction of sp³-hybridized carbons (Fsp3) is 0.136. The number of benzene rings is 3. The lowest BCUT2D eigenvalue weighted by atomic mass is 10.0. The molecule has 0 saturated carbocycles. The molecule has 4 rings (SSSR count). The minimum absolute atomic E-state index is 0.953. The zero-order chi connectivity index (χ0) is 16.4. The van der Waals surface area contributed by atoms with Gasteiger partial charge in [0.15, 0.2) is 0 Å². The van der Waals surface area contributed by atoms with Gasteiger partial charge in [-0.25, -0.2) is 4.98 Å². The number of nitrogens with one attached hydrogen (secondary N) is 1. The highest BCUT2D eigenvalue weighted by atomic mass is 14.9. The first-order valence-electron chi connectivity index (χ1n) is 8.49. The molecule has 118 valence electrons. The van der Waals surface area contributed by atoms with E-state index in [4.69, 9.17) is 4.98 Å². The zero-order valence-corrected chi connectivity index (χ0v) is 13.8. The standard InChI is InChI=1S/C22H20N2/c1-2-9-20-21(17-11-4-3-5-12-17)24-22(23-20)19-15-8-13-16-10-6-7-14-18(16)19/h3-8,10-15H,2,9H2,1H3,(H,23,24). The second-order valence-electron chi connectivity index (χ2n) is 6.05. The second-order valence-corrected chi connectivity index (χ2v) is 6.05. The number of aromatic nitrogens is 2. The predicted octanol–water partition coefficient (Wildman–Crippen LogP) is 5.85. The number of rotatable bonds is 4. The average Bonchev–Trinajstić information content (AvgIpc) is 3.06.